The van der Waals surface area contributed by atoms with Gasteiger partial charge >= 0.3 is 0 Å². The van der Waals surface area contributed by atoms with Gasteiger partial charge in [0.1, 0.15) is 11.5 Å². The molecule has 0 fully saturated rings. The third kappa shape index (κ3) is 3.06. The predicted octanol–water partition coefficient (Wildman–Crippen LogP) is 2.17. The van der Waals surface area contributed by atoms with Crippen molar-refractivity contribution >= 4 is 5.91 Å². The van der Waals surface area contributed by atoms with E-state index in [1.807, 2.05) is 19.9 Å². The van der Waals surface area contributed by atoms with Gasteiger partial charge in [-0.25, -0.2) is 9.07 Å². The second-order valence-electron chi connectivity index (χ2n) is 6.49. The lowest BCUT2D eigenvalue weighted by Gasteiger charge is -2.09. The summed E-state index contributed by atoms with van der Waals surface area (Å²) in [6.07, 6.45) is 2.51. The van der Waals surface area contributed by atoms with Crippen molar-refractivity contribution in [3.05, 3.63) is 46.5 Å². The molecule has 6 heteroatoms. The van der Waals surface area contributed by atoms with Crippen LogP contribution in [0.2, 0.25) is 0 Å². The number of benzene rings is 1. The molecule has 1 aromatic heterocycles. The number of fused-ring (bicyclic) bond motifs is 1. The number of nitrogens with zero attached hydrogens (tertiary/aromatic N) is 2. The maximum absolute atomic E-state index is 14.3. The van der Waals surface area contributed by atoms with Crippen molar-refractivity contribution in [2.75, 3.05) is 13.2 Å². The minimum atomic E-state index is -0.340. The van der Waals surface area contributed by atoms with Crippen LogP contribution in [0.1, 0.15) is 40.7 Å². The molecule has 1 atom stereocenters. The van der Waals surface area contributed by atoms with Gasteiger partial charge in [-0.05, 0) is 49.8 Å². The number of aliphatic hydroxyl groups is 1. The summed E-state index contributed by atoms with van der Waals surface area (Å²) in [6, 6.07) is 5.01. The van der Waals surface area contributed by atoms with Crippen LogP contribution in [0.15, 0.2) is 18.2 Å². The molecule has 1 aromatic carbocycles. The smallest absolute Gasteiger partial charge is 0.272 e. The summed E-state index contributed by atoms with van der Waals surface area (Å²) in [4.78, 5) is 12.4. The standard InChI is InChI=1S/C18H22FN3O2/c1-11-6-7-16(14(19)8-11)22-15-5-3-4-13(15)17(21-22)18(24)20-9-12(2)10-23/h6-8,12,23H,3-5,9-10H2,1-2H3,(H,20,24). The van der Waals surface area contributed by atoms with Crippen molar-refractivity contribution in [1.82, 2.24) is 15.1 Å². The third-order valence-corrected chi connectivity index (χ3v) is 4.40. The molecule has 0 saturated carbocycles. The number of halogens is 1. The zero-order chi connectivity index (χ0) is 17.3. The Bertz CT molecular complexity index is 770. The van der Waals surface area contributed by atoms with E-state index in [0.717, 1.165) is 36.1 Å². The van der Waals surface area contributed by atoms with E-state index in [9.17, 15) is 9.18 Å². The van der Waals surface area contributed by atoms with Gasteiger partial charge in [-0.2, -0.15) is 5.10 Å². The summed E-state index contributed by atoms with van der Waals surface area (Å²) in [5, 5.41) is 16.3. The lowest BCUT2D eigenvalue weighted by atomic mass is 10.1. The molecule has 3 rings (SSSR count). The van der Waals surface area contributed by atoms with Crippen LogP contribution in [0.5, 0.6) is 0 Å². The van der Waals surface area contributed by atoms with Gasteiger partial charge in [0.15, 0.2) is 5.69 Å². The second kappa shape index (κ2) is 6.73. The van der Waals surface area contributed by atoms with Gasteiger partial charge in [0.25, 0.3) is 5.91 Å². The lowest BCUT2D eigenvalue weighted by Crippen LogP contribution is -2.30. The fourth-order valence-electron chi connectivity index (χ4n) is 3.02. The quantitative estimate of drug-likeness (QED) is 0.882. The molecule has 0 saturated heterocycles. The summed E-state index contributed by atoms with van der Waals surface area (Å²) >= 11 is 0. The van der Waals surface area contributed by atoms with Gasteiger partial charge in [-0.3, -0.25) is 4.79 Å². The van der Waals surface area contributed by atoms with Crippen LogP contribution >= 0.6 is 0 Å². The Balaban J connectivity index is 1.94. The average molecular weight is 331 g/mol. The van der Waals surface area contributed by atoms with E-state index in [1.54, 1.807) is 10.7 Å². The fraction of sp³-hybridized carbons (Fsp3) is 0.444. The van der Waals surface area contributed by atoms with Crippen LogP contribution in [0, 0.1) is 18.7 Å². The number of aromatic nitrogens is 2. The van der Waals surface area contributed by atoms with Gasteiger partial charge in [-0.15, -0.1) is 0 Å². The topological polar surface area (TPSA) is 67.2 Å². The minimum Gasteiger partial charge on any atom is -0.396 e. The molecule has 5 nitrogen and oxygen atoms in total. The first-order valence-electron chi connectivity index (χ1n) is 8.27. The zero-order valence-corrected chi connectivity index (χ0v) is 14.0. The maximum Gasteiger partial charge on any atom is 0.272 e. The van der Waals surface area contributed by atoms with Crippen LogP contribution in [0.25, 0.3) is 5.69 Å². The second-order valence-corrected chi connectivity index (χ2v) is 6.49. The normalized spacial score (nSPS) is 14.5. The number of amides is 1. The Morgan fingerprint density at radius 1 is 1.46 bits per heavy atom. The van der Waals surface area contributed by atoms with Crippen LogP contribution in [-0.2, 0) is 12.8 Å². The summed E-state index contributed by atoms with van der Waals surface area (Å²) < 4.78 is 15.9. The Kier molecular flexibility index (Phi) is 4.66. The summed E-state index contributed by atoms with van der Waals surface area (Å²) in [5.74, 6) is -0.619. The molecular formula is C18H22FN3O2. The lowest BCUT2D eigenvalue weighted by molar-refractivity contribution is 0.0936. The maximum atomic E-state index is 14.3. The third-order valence-electron chi connectivity index (χ3n) is 4.40. The molecule has 1 aliphatic rings. The van der Waals surface area contributed by atoms with Crippen molar-refractivity contribution in [2.45, 2.75) is 33.1 Å². The van der Waals surface area contributed by atoms with E-state index >= 15 is 0 Å². The summed E-state index contributed by atoms with van der Waals surface area (Å²) in [6.45, 7) is 4.09. The van der Waals surface area contributed by atoms with E-state index < -0.39 is 0 Å². The summed E-state index contributed by atoms with van der Waals surface area (Å²) in [5.41, 5.74) is 3.41. The highest BCUT2D eigenvalue weighted by molar-refractivity contribution is 5.94. The number of hydrogen-bond acceptors (Lipinski definition) is 3. The minimum absolute atomic E-state index is 0.0152. The van der Waals surface area contributed by atoms with Crippen LogP contribution < -0.4 is 5.32 Å². The fourth-order valence-corrected chi connectivity index (χ4v) is 3.02. The number of carbonyl (C=O) groups is 1. The molecule has 0 bridgehead atoms. The van der Waals surface area contributed by atoms with Gasteiger partial charge in [0, 0.05) is 24.4 Å². The van der Waals surface area contributed by atoms with Crippen molar-refractivity contribution < 1.29 is 14.3 Å². The van der Waals surface area contributed by atoms with Gasteiger partial charge < -0.3 is 10.4 Å². The molecule has 0 aliphatic heterocycles. The monoisotopic (exact) mass is 331 g/mol. The van der Waals surface area contributed by atoms with E-state index in [2.05, 4.69) is 10.4 Å². The highest BCUT2D eigenvalue weighted by Crippen LogP contribution is 2.29. The van der Waals surface area contributed by atoms with Crippen molar-refractivity contribution in [1.29, 1.82) is 0 Å². The number of aliphatic hydroxyl groups excluding tert-OH is 1. The SMILES string of the molecule is Cc1ccc(-n2nc(C(=O)NCC(C)CO)c3c2CCC3)c(F)c1. The number of hydrogen-bond donors (Lipinski definition) is 2. The first-order chi connectivity index (χ1) is 11.5. The highest BCUT2D eigenvalue weighted by atomic mass is 19.1. The molecule has 24 heavy (non-hydrogen) atoms. The van der Waals surface area contributed by atoms with Crippen LogP contribution in [0.4, 0.5) is 4.39 Å². The zero-order valence-electron chi connectivity index (χ0n) is 14.0. The first-order valence-corrected chi connectivity index (χ1v) is 8.27. The highest BCUT2D eigenvalue weighted by Gasteiger charge is 2.27. The first kappa shape index (κ1) is 16.6. The van der Waals surface area contributed by atoms with E-state index in [4.69, 9.17) is 5.11 Å². The van der Waals surface area contributed by atoms with E-state index in [1.165, 1.54) is 6.07 Å². The Hall–Kier alpha value is -2.21. The number of carbonyl (C=O) groups excluding carboxylic acids is 1. The van der Waals surface area contributed by atoms with Gasteiger partial charge in [-0.1, -0.05) is 13.0 Å². The Morgan fingerprint density at radius 3 is 2.96 bits per heavy atom. The largest absolute Gasteiger partial charge is 0.396 e. The number of nitrogens with one attached hydrogen (secondary N) is 1. The van der Waals surface area contributed by atoms with Crippen molar-refractivity contribution in [3.63, 3.8) is 0 Å². The Morgan fingerprint density at radius 2 is 2.25 bits per heavy atom. The van der Waals surface area contributed by atoms with Crippen LogP contribution in [0.3, 0.4) is 0 Å². The summed E-state index contributed by atoms with van der Waals surface area (Å²) in [7, 11) is 0. The molecule has 0 spiro atoms. The molecule has 1 unspecified atom stereocenters. The molecule has 128 valence electrons. The molecule has 1 amide bonds. The predicted molar refractivity (Wildman–Crippen MR) is 88.9 cm³/mol. The van der Waals surface area contributed by atoms with Crippen molar-refractivity contribution in [3.8, 4) is 5.69 Å². The molecular weight excluding hydrogens is 309 g/mol. The van der Waals surface area contributed by atoms with Gasteiger partial charge in [0.05, 0.1) is 0 Å². The number of aryl methyl sites for hydroxylation is 1. The molecule has 1 heterocycles. The molecule has 0 radical (unpaired) electrons. The molecule has 1 aliphatic carbocycles. The van der Waals surface area contributed by atoms with E-state index in [-0.39, 0.29) is 24.2 Å². The molecule has 2 aromatic rings. The number of rotatable bonds is 5. The molecule has 2 N–H and O–H groups in total. The Labute approximate surface area is 140 Å². The average Bonchev–Trinajstić information content (AvgIpc) is 3.15. The van der Waals surface area contributed by atoms with Crippen LogP contribution in [-0.4, -0.2) is 33.9 Å². The van der Waals surface area contributed by atoms with Crippen molar-refractivity contribution in [2.24, 2.45) is 5.92 Å². The van der Waals surface area contributed by atoms with Gasteiger partial charge in [0.2, 0.25) is 0 Å². The van der Waals surface area contributed by atoms with E-state index in [0.29, 0.717) is 17.9 Å².